The van der Waals surface area contributed by atoms with Crippen molar-refractivity contribution in [1.82, 2.24) is 5.32 Å². The minimum Gasteiger partial charge on any atom is -0.383 e. The van der Waals surface area contributed by atoms with Crippen LogP contribution < -0.4 is 11.1 Å². The van der Waals surface area contributed by atoms with Gasteiger partial charge >= 0.3 is 0 Å². The summed E-state index contributed by atoms with van der Waals surface area (Å²) in [4.78, 5) is 0. The molecule has 16 heavy (non-hydrogen) atoms. The van der Waals surface area contributed by atoms with Gasteiger partial charge in [0.25, 0.3) is 0 Å². The van der Waals surface area contributed by atoms with E-state index >= 15 is 0 Å². The topological polar surface area (TPSA) is 56.5 Å². The molecule has 0 aromatic carbocycles. The smallest absolute Gasteiger partial charge is 0.0615 e. The Morgan fingerprint density at radius 1 is 1.44 bits per heavy atom. The van der Waals surface area contributed by atoms with Gasteiger partial charge in [-0.15, -0.1) is 6.58 Å². The summed E-state index contributed by atoms with van der Waals surface area (Å²) in [5.74, 6) is 0. The summed E-state index contributed by atoms with van der Waals surface area (Å²) in [5.41, 5.74) is 5.48. The van der Waals surface area contributed by atoms with Gasteiger partial charge in [-0.1, -0.05) is 6.08 Å². The molecule has 4 heteroatoms. The quantitative estimate of drug-likeness (QED) is 0.387. The summed E-state index contributed by atoms with van der Waals surface area (Å²) in [6.45, 7) is 7.45. The molecular weight excluding hydrogens is 204 g/mol. The van der Waals surface area contributed by atoms with Crippen molar-refractivity contribution in [2.24, 2.45) is 5.73 Å². The van der Waals surface area contributed by atoms with E-state index in [0.717, 1.165) is 52.2 Å². The molecule has 0 bridgehead atoms. The van der Waals surface area contributed by atoms with Gasteiger partial charge in [-0.3, -0.25) is 0 Å². The second-order valence-corrected chi connectivity index (χ2v) is 3.73. The number of nitrogens with one attached hydrogen (secondary N) is 1. The van der Waals surface area contributed by atoms with E-state index in [0.29, 0.717) is 6.04 Å². The first-order valence-corrected chi connectivity index (χ1v) is 5.96. The molecule has 0 amide bonds. The van der Waals surface area contributed by atoms with Crippen molar-refractivity contribution in [3.05, 3.63) is 12.7 Å². The molecule has 3 N–H and O–H groups in total. The van der Waals surface area contributed by atoms with Gasteiger partial charge in [0.1, 0.15) is 0 Å². The van der Waals surface area contributed by atoms with Crippen LogP contribution in [-0.4, -0.2) is 46.1 Å². The molecule has 0 fully saturated rings. The summed E-state index contributed by atoms with van der Waals surface area (Å²) in [7, 11) is 1.72. The monoisotopic (exact) mass is 230 g/mol. The molecule has 96 valence electrons. The summed E-state index contributed by atoms with van der Waals surface area (Å²) in [6.07, 6.45) is 4.85. The van der Waals surface area contributed by atoms with Crippen molar-refractivity contribution < 1.29 is 9.47 Å². The third kappa shape index (κ3) is 10.1. The molecule has 1 atom stereocenters. The Balaban J connectivity index is 3.39. The zero-order chi connectivity index (χ0) is 12.1. The molecular formula is C12H26N2O2. The van der Waals surface area contributed by atoms with Gasteiger partial charge in [-0.2, -0.15) is 0 Å². The van der Waals surface area contributed by atoms with E-state index in [-0.39, 0.29) is 0 Å². The summed E-state index contributed by atoms with van der Waals surface area (Å²) >= 11 is 0. The molecule has 0 aromatic rings. The molecule has 0 saturated heterocycles. The predicted octanol–water partition coefficient (Wildman–Crippen LogP) is 0.923. The van der Waals surface area contributed by atoms with Gasteiger partial charge in [0, 0.05) is 19.7 Å². The number of hydrogen-bond acceptors (Lipinski definition) is 4. The number of nitrogens with two attached hydrogens (primary N) is 1. The maximum atomic E-state index is 5.48. The van der Waals surface area contributed by atoms with Gasteiger partial charge in [-0.05, 0) is 25.8 Å². The lowest BCUT2D eigenvalue weighted by Gasteiger charge is -2.17. The van der Waals surface area contributed by atoms with Crippen LogP contribution in [0.25, 0.3) is 0 Å². The largest absolute Gasteiger partial charge is 0.383 e. The van der Waals surface area contributed by atoms with Crippen LogP contribution in [0.2, 0.25) is 0 Å². The van der Waals surface area contributed by atoms with E-state index in [1.54, 1.807) is 7.11 Å². The lowest BCUT2D eigenvalue weighted by Crippen LogP contribution is -2.36. The molecule has 0 heterocycles. The first-order valence-electron chi connectivity index (χ1n) is 5.96. The molecule has 0 spiro atoms. The SMILES string of the molecule is C=CCCOCCNC(CCCN)COC. The molecule has 0 radical (unpaired) electrons. The minimum absolute atomic E-state index is 0.386. The van der Waals surface area contributed by atoms with Crippen LogP contribution in [-0.2, 0) is 9.47 Å². The van der Waals surface area contributed by atoms with E-state index < -0.39 is 0 Å². The normalized spacial score (nSPS) is 12.6. The van der Waals surface area contributed by atoms with E-state index in [2.05, 4.69) is 11.9 Å². The summed E-state index contributed by atoms with van der Waals surface area (Å²) < 4.78 is 10.5. The van der Waals surface area contributed by atoms with Crippen molar-refractivity contribution >= 4 is 0 Å². The molecule has 0 saturated carbocycles. The Morgan fingerprint density at radius 2 is 2.25 bits per heavy atom. The van der Waals surface area contributed by atoms with Gasteiger partial charge in [-0.25, -0.2) is 0 Å². The van der Waals surface area contributed by atoms with E-state index in [1.165, 1.54) is 0 Å². The molecule has 1 unspecified atom stereocenters. The highest BCUT2D eigenvalue weighted by Gasteiger charge is 2.06. The van der Waals surface area contributed by atoms with Crippen LogP contribution in [0.5, 0.6) is 0 Å². The fourth-order valence-electron chi connectivity index (χ4n) is 1.41. The number of hydrogen-bond donors (Lipinski definition) is 2. The summed E-state index contributed by atoms with van der Waals surface area (Å²) in [5, 5.41) is 3.40. The highest BCUT2D eigenvalue weighted by molar-refractivity contribution is 4.67. The Bertz CT molecular complexity index is 154. The van der Waals surface area contributed by atoms with Crippen molar-refractivity contribution in [3.8, 4) is 0 Å². The van der Waals surface area contributed by atoms with Crippen LogP contribution in [0.4, 0.5) is 0 Å². The Morgan fingerprint density at radius 3 is 2.88 bits per heavy atom. The zero-order valence-corrected chi connectivity index (χ0v) is 10.4. The van der Waals surface area contributed by atoms with Gasteiger partial charge < -0.3 is 20.5 Å². The van der Waals surface area contributed by atoms with Crippen molar-refractivity contribution in [1.29, 1.82) is 0 Å². The fourth-order valence-corrected chi connectivity index (χ4v) is 1.41. The van der Waals surface area contributed by atoms with Crippen LogP contribution >= 0.6 is 0 Å². The molecule has 0 aliphatic heterocycles. The van der Waals surface area contributed by atoms with E-state index in [1.807, 2.05) is 6.08 Å². The van der Waals surface area contributed by atoms with Crippen molar-refractivity contribution in [2.45, 2.75) is 25.3 Å². The molecule has 4 nitrogen and oxygen atoms in total. The summed E-state index contributed by atoms with van der Waals surface area (Å²) in [6, 6.07) is 0.386. The molecule has 0 aliphatic rings. The number of ether oxygens (including phenoxy) is 2. The lowest BCUT2D eigenvalue weighted by molar-refractivity contribution is 0.125. The Labute approximate surface area is 99.2 Å². The van der Waals surface area contributed by atoms with Crippen LogP contribution in [0.3, 0.4) is 0 Å². The maximum absolute atomic E-state index is 5.48. The average Bonchev–Trinajstić information content (AvgIpc) is 2.30. The highest BCUT2D eigenvalue weighted by atomic mass is 16.5. The number of methoxy groups -OCH3 is 1. The second kappa shape index (κ2) is 12.6. The third-order valence-electron chi connectivity index (χ3n) is 2.27. The standard InChI is InChI=1S/C12H26N2O2/c1-3-4-9-16-10-8-14-12(11-15-2)6-5-7-13/h3,12,14H,1,4-11,13H2,2H3. The van der Waals surface area contributed by atoms with Crippen molar-refractivity contribution in [2.75, 3.05) is 40.0 Å². The maximum Gasteiger partial charge on any atom is 0.0615 e. The van der Waals surface area contributed by atoms with Gasteiger partial charge in [0.2, 0.25) is 0 Å². The lowest BCUT2D eigenvalue weighted by atomic mass is 10.1. The highest BCUT2D eigenvalue weighted by Crippen LogP contribution is 1.96. The van der Waals surface area contributed by atoms with Crippen LogP contribution in [0.1, 0.15) is 19.3 Å². The van der Waals surface area contributed by atoms with E-state index in [9.17, 15) is 0 Å². The fraction of sp³-hybridized carbons (Fsp3) is 0.833. The Hall–Kier alpha value is -0.420. The first-order chi connectivity index (χ1) is 7.85. The van der Waals surface area contributed by atoms with Crippen LogP contribution in [0, 0.1) is 0 Å². The van der Waals surface area contributed by atoms with Crippen molar-refractivity contribution in [3.63, 3.8) is 0 Å². The second-order valence-electron chi connectivity index (χ2n) is 3.73. The molecule has 0 aliphatic carbocycles. The third-order valence-corrected chi connectivity index (χ3v) is 2.27. The zero-order valence-electron chi connectivity index (χ0n) is 10.4. The Kier molecular flexibility index (Phi) is 12.3. The first kappa shape index (κ1) is 15.6. The number of rotatable bonds is 12. The average molecular weight is 230 g/mol. The predicted molar refractivity (Wildman–Crippen MR) is 67.6 cm³/mol. The van der Waals surface area contributed by atoms with E-state index in [4.69, 9.17) is 15.2 Å². The minimum atomic E-state index is 0.386. The van der Waals surface area contributed by atoms with Crippen LogP contribution in [0.15, 0.2) is 12.7 Å². The van der Waals surface area contributed by atoms with Gasteiger partial charge in [0.15, 0.2) is 0 Å². The van der Waals surface area contributed by atoms with Gasteiger partial charge in [0.05, 0.1) is 19.8 Å². The molecule has 0 rings (SSSR count). The molecule has 0 aromatic heterocycles.